The Morgan fingerprint density at radius 2 is 1.95 bits per heavy atom. The molecular formula is C20H32O2. The Kier molecular flexibility index (Phi) is 3.03. The standard InChI is InChI=1S/C20H32O2/c1-5-17(2)10-7-14-19(4)9-6-8-18(3,13-21)15(19)11-16-20(14,12-17)22-16/h5,14-16,21H,1,6-13H2,2-4H3/t14-,15+,16-,17-,18-,19+,20+/m1/s1. The van der Waals surface area contributed by atoms with Gasteiger partial charge >= 0.3 is 0 Å². The largest absolute Gasteiger partial charge is 0.396 e. The Labute approximate surface area is 135 Å². The maximum atomic E-state index is 10.1. The summed E-state index contributed by atoms with van der Waals surface area (Å²) in [7, 11) is 0. The molecule has 3 aliphatic carbocycles. The Balaban J connectivity index is 1.70. The van der Waals surface area contributed by atoms with E-state index in [1.807, 2.05) is 0 Å². The highest BCUT2D eigenvalue weighted by Crippen LogP contribution is 2.72. The summed E-state index contributed by atoms with van der Waals surface area (Å²) in [4.78, 5) is 0. The molecule has 4 fully saturated rings. The van der Waals surface area contributed by atoms with Gasteiger partial charge in [0.05, 0.1) is 11.7 Å². The Morgan fingerprint density at radius 1 is 1.18 bits per heavy atom. The van der Waals surface area contributed by atoms with E-state index in [1.165, 1.54) is 32.1 Å². The summed E-state index contributed by atoms with van der Waals surface area (Å²) in [5.41, 5.74) is 0.846. The Hall–Kier alpha value is -0.340. The van der Waals surface area contributed by atoms with Crippen LogP contribution in [0.4, 0.5) is 0 Å². The molecule has 1 spiro atoms. The van der Waals surface area contributed by atoms with Crippen LogP contribution in [-0.2, 0) is 4.74 Å². The smallest absolute Gasteiger partial charge is 0.0989 e. The van der Waals surface area contributed by atoms with Crippen molar-refractivity contribution in [2.75, 3.05) is 6.61 Å². The number of epoxide rings is 1. The van der Waals surface area contributed by atoms with E-state index in [0.717, 1.165) is 12.8 Å². The van der Waals surface area contributed by atoms with Crippen LogP contribution in [0.2, 0.25) is 0 Å². The number of hydrogen-bond acceptors (Lipinski definition) is 2. The molecule has 0 aromatic rings. The second kappa shape index (κ2) is 4.39. The predicted molar refractivity (Wildman–Crippen MR) is 88.5 cm³/mol. The maximum Gasteiger partial charge on any atom is 0.0989 e. The number of ether oxygens (including phenoxy) is 1. The van der Waals surface area contributed by atoms with E-state index in [4.69, 9.17) is 4.74 Å². The number of fused-ring (bicyclic) bond motifs is 2. The monoisotopic (exact) mass is 304 g/mol. The van der Waals surface area contributed by atoms with E-state index >= 15 is 0 Å². The van der Waals surface area contributed by atoms with E-state index in [1.54, 1.807) is 0 Å². The van der Waals surface area contributed by atoms with Crippen LogP contribution in [-0.4, -0.2) is 23.4 Å². The van der Waals surface area contributed by atoms with Crippen molar-refractivity contribution in [1.29, 1.82) is 0 Å². The third-order valence-corrected chi connectivity index (χ3v) is 8.32. The van der Waals surface area contributed by atoms with Gasteiger partial charge in [-0.1, -0.05) is 33.3 Å². The summed E-state index contributed by atoms with van der Waals surface area (Å²) in [5.74, 6) is 1.31. The van der Waals surface area contributed by atoms with E-state index < -0.39 is 0 Å². The molecule has 1 N–H and O–H groups in total. The molecule has 0 aromatic carbocycles. The quantitative estimate of drug-likeness (QED) is 0.608. The van der Waals surface area contributed by atoms with Gasteiger partial charge in [-0.05, 0) is 66.6 Å². The first kappa shape index (κ1) is 15.2. The van der Waals surface area contributed by atoms with Gasteiger partial charge in [0.2, 0.25) is 0 Å². The third kappa shape index (κ3) is 1.74. The van der Waals surface area contributed by atoms with E-state index in [2.05, 4.69) is 33.4 Å². The van der Waals surface area contributed by atoms with Gasteiger partial charge in [0.25, 0.3) is 0 Å². The van der Waals surface area contributed by atoms with E-state index in [9.17, 15) is 5.11 Å². The van der Waals surface area contributed by atoms with Crippen molar-refractivity contribution in [3.8, 4) is 0 Å². The minimum atomic E-state index is 0.101. The van der Waals surface area contributed by atoms with E-state index in [-0.39, 0.29) is 16.4 Å². The summed E-state index contributed by atoms with van der Waals surface area (Å²) < 4.78 is 6.43. The maximum absolute atomic E-state index is 10.1. The lowest BCUT2D eigenvalue weighted by Gasteiger charge is -2.60. The number of aliphatic hydroxyl groups excluding tert-OH is 1. The van der Waals surface area contributed by atoms with Crippen molar-refractivity contribution in [3.63, 3.8) is 0 Å². The summed E-state index contributed by atoms with van der Waals surface area (Å²) >= 11 is 0. The molecule has 4 aliphatic rings. The molecule has 0 radical (unpaired) electrons. The molecule has 1 saturated heterocycles. The molecule has 0 amide bonds. The van der Waals surface area contributed by atoms with Crippen molar-refractivity contribution >= 4 is 0 Å². The van der Waals surface area contributed by atoms with Gasteiger partial charge in [0.1, 0.15) is 0 Å². The first-order chi connectivity index (χ1) is 10.3. The van der Waals surface area contributed by atoms with Crippen molar-refractivity contribution in [1.82, 2.24) is 0 Å². The zero-order valence-electron chi connectivity index (χ0n) is 14.5. The van der Waals surface area contributed by atoms with E-state index in [0.29, 0.717) is 30.0 Å². The molecule has 4 rings (SSSR count). The van der Waals surface area contributed by atoms with Gasteiger partial charge in [-0.15, -0.1) is 6.58 Å². The average molecular weight is 304 g/mol. The Bertz CT molecular complexity index is 502. The fourth-order valence-electron chi connectivity index (χ4n) is 6.96. The van der Waals surface area contributed by atoms with Crippen LogP contribution in [0.1, 0.15) is 65.7 Å². The third-order valence-electron chi connectivity index (χ3n) is 8.32. The van der Waals surface area contributed by atoms with Crippen LogP contribution in [0.15, 0.2) is 12.7 Å². The Morgan fingerprint density at radius 3 is 2.64 bits per heavy atom. The van der Waals surface area contributed by atoms with Crippen LogP contribution >= 0.6 is 0 Å². The lowest BCUT2D eigenvalue weighted by atomic mass is 9.43. The fourth-order valence-corrected chi connectivity index (χ4v) is 6.96. The summed E-state index contributed by atoms with van der Waals surface area (Å²) in [6.45, 7) is 11.6. The van der Waals surface area contributed by atoms with Gasteiger partial charge in [0, 0.05) is 6.61 Å². The lowest BCUT2D eigenvalue weighted by Crippen LogP contribution is -2.58. The van der Waals surface area contributed by atoms with Crippen molar-refractivity contribution in [2.45, 2.75) is 77.4 Å². The van der Waals surface area contributed by atoms with Gasteiger partial charge in [-0.3, -0.25) is 0 Å². The molecule has 3 saturated carbocycles. The number of allylic oxidation sites excluding steroid dienone is 1. The predicted octanol–water partition coefficient (Wildman–Crippen LogP) is 4.33. The highest BCUT2D eigenvalue weighted by atomic mass is 16.6. The molecule has 124 valence electrons. The van der Waals surface area contributed by atoms with Gasteiger partial charge in [-0.2, -0.15) is 0 Å². The lowest BCUT2D eigenvalue weighted by molar-refractivity contribution is -0.122. The molecule has 7 atom stereocenters. The number of rotatable bonds is 2. The van der Waals surface area contributed by atoms with Gasteiger partial charge < -0.3 is 9.84 Å². The molecule has 0 bridgehead atoms. The second-order valence-corrected chi connectivity index (χ2v) is 9.65. The van der Waals surface area contributed by atoms with Crippen LogP contribution in [0, 0.1) is 28.1 Å². The van der Waals surface area contributed by atoms with Gasteiger partial charge in [0.15, 0.2) is 0 Å². The van der Waals surface area contributed by atoms with Gasteiger partial charge in [-0.25, -0.2) is 0 Å². The minimum Gasteiger partial charge on any atom is -0.396 e. The topological polar surface area (TPSA) is 32.8 Å². The normalized spacial score (nSPS) is 59.9. The fraction of sp³-hybridized carbons (Fsp3) is 0.900. The molecule has 2 heteroatoms. The summed E-state index contributed by atoms with van der Waals surface area (Å²) in [5, 5.41) is 10.1. The number of aliphatic hydroxyl groups is 1. The summed E-state index contributed by atoms with van der Waals surface area (Å²) in [6.07, 6.45) is 11.2. The molecular weight excluding hydrogens is 272 g/mol. The van der Waals surface area contributed by atoms with Crippen LogP contribution in [0.25, 0.3) is 0 Å². The SMILES string of the molecule is C=C[C@]1(C)CC[C@@H]2[C@]3(C)CCC[C@](C)(CO)[C@@H]3C[C@H]3O[C@@]23C1. The molecule has 0 aromatic heterocycles. The van der Waals surface area contributed by atoms with Crippen LogP contribution < -0.4 is 0 Å². The molecule has 22 heavy (non-hydrogen) atoms. The van der Waals surface area contributed by atoms with Crippen LogP contribution in [0.3, 0.4) is 0 Å². The first-order valence-corrected chi connectivity index (χ1v) is 9.24. The summed E-state index contributed by atoms with van der Waals surface area (Å²) in [6, 6.07) is 0. The molecule has 0 unspecified atom stereocenters. The zero-order valence-corrected chi connectivity index (χ0v) is 14.5. The molecule has 1 aliphatic heterocycles. The second-order valence-electron chi connectivity index (χ2n) is 9.65. The highest BCUT2D eigenvalue weighted by Gasteiger charge is 2.74. The average Bonchev–Trinajstić information content (AvgIpc) is 3.17. The zero-order chi connectivity index (χ0) is 15.8. The van der Waals surface area contributed by atoms with Crippen molar-refractivity contribution < 1.29 is 9.84 Å². The molecule has 2 nitrogen and oxygen atoms in total. The minimum absolute atomic E-state index is 0.101. The van der Waals surface area contributed by atoms with Crippen molar-refractivity contribution in [2.24, 2.45) is 28.1 Å². The number of hydrogen-bond donors (Lipinski definition) is 1. The molecule has 1 heterocycles. The van der Waals surface area contributed by atoms with Crippen LogP contribution in [0.5, 0.6) is 0 Å². The highest BCUT2D eigenvalue weighted by molar-refractivity contribution is 5.24. The van der Waals surface area contributed by atoms with Crippen molar-refractivity contribution in [3.05, 3.63) is 12.7 Å². The first-order valence-electron chi connectivity index (χ1n) is 9.24.